The van der Waals surface area contributed by atoms with Crippen LogP contribution in [0, 0.1) is 6.92 Å². The van der Waals surface area contributed by atoms with E-state index in [4.69, 9.17) is 11.6 Å². The van der Waals surface area contributed by atoms with E-state index in [2.05, 4.69) is 10.3 Å². The fourth-order valence-corrected chi connectivity index (χ4v) is 2.73. The van der Waals surface area contributed by atoms with Gasteiger partial charge in [-0.2, -0.15) is 0 Å². The number of hydrogen-bond donors (Lipinski definition) is 1. The van der Waals surface area contributed by atoms with Crippen LogP contribution in [0.15, 0.2) is 79.0 Å². The highest BCUT2D eigenvalue weighted by molar-refractivity contribution is 6.32. The van der Waals surface area contributed by atoms with Crippen molar-refractivity contribution in [3.05, 3.63) is 106 Å². The molecule has 29 heavy (non-hydrogen) atoms. The molecule has 0 fully saturated rings. The summed E-state index contributed by atoms with van der Waals surface area (Å²) in [5, 5.41) is 3.20. The minimum atomic E-state index is -0.287. The predicted molar refractivity (Wildman–Crippen MR) is 118 cm³/mol. The molecule has 0 atom stereocenters. The third-order valence-electron chi connectivity index (χ3n) is 4.11. The number of anilines is 1. The first-order chi connectivity index (χ1) is 14.0. The molecule has 1 aromatic heterocycles. The van der Waals surface area contributed by atoms with Crippen molar-refractivity contribution in [2.24, 2.45) is 0 Å². The van der Waals surface area contributed by atoms with Crippen LogP contribution < -0.4 is 5.32 Å². The normalized spacial score (nSPS) is 11.1. The number of amides is 1. The van der Waals surface area contributed by atoms with Crippen molar-refractivity contribution < 1.29 is 9.59 Å². The molecule has 5 heteroatoms. The summed E-state index contributed by atoms with van der Waals surface area (Å²) in [7, 11) is 0. The number of carbonyl (C=O) groups is 2. The number of aryl methyl sites for hydroxylation is 1. The monoisotopic (exact) mass is 402 g/mol. The summed E-state index contributed by atoms with van der Waals surface area (Å²) >= 11 is 6.24. The van der Waals surface area contributed by atoms with Crippen LogP contribution in [-0.4, -0.2) is 16.7 Å². The van der Waals surface area contributed by atoms with Gasteiger partial charge in [0, 0.05) is 22.9 Å². The van der Waals surface area contributed by atoms with E-state index in [0.717, 1.165) is 11.1 Å². The zero-order valence-electron chi connectivity index (χ0n) is 15.8. The second-order valence-electron chi connectivity index (χ2n) is 6.38. The Morgan fingerprint density at radius 2 is 1.76 bits per heavy atom. The fourth-order valence-electron chi connectivity index (χ4n) is 2.55. The number of ketones is 1. The molecule has 0 saturated carbocycles. The molecule has 2 aromatic carbocycles. The molecule has 0 bridgehead atoms. The molecule has 0 aliphatic rings. The number of allylic oxidation sites excluding steroid dienone is 1. The van der Waals surface area contributed by atoms with E-state index >= 15 is 0 Å². The van der Waals surface area contributed by atoms with Gasteiger partial charge in [0.05, 0.1) is 0 Å². The molecule has 4 nitrogen and oxygen atoms in total. The van der Waals surface area contributed by atoms with Gasteiger partial charge in [-0.05, 0) is 60.5 Å². The lowest BCUT2D eigenvalue weighted by Gasteiger charge is -2.02. The Morgan fingerprint density at radius 3 is 2.48 bits per heavy atom. The lowest BCUT2D eigenvalue weighted by molar-refractivity contribution is -0.111. The number of benzene rings is 2. The molecule has 1 N–H and O–H groups in total. The number of nitrogens with one attached hydrogen (secondary N) is 1. The second kappa shape index (κ2) is 9.62. The van der Waals surface area contributed by atoms with Gasteiger partial charge in [0.25, 0.3) is 0 Å². The quantitative estimate of drug-likeness (QED) is 0.431. The average molecular weight is 403 g/mol. The van der Waals surface area contributed by atoms with Crippen LogP contribution in [0.25, 0.3) is 12.2 Å². The fraction of sp³-hybridized carbons (Fsp3) is 0.0417. The molecule has 0 aliphatic carbocycles. The zero-order chi connectivity index (χ0) is 20.6. The molecule has 1 heterocycles. The second-order valence-corrected chi connectivity index (χ2v) is 6.79. The number of nitrogens with zero attached hydrogens (tertiary/aromatic N) is 1. The van der Waals surface area contributed by atoms with Crippen LogP contribution in [0.1, 0.15) is 27.0 Å². The van der Waals surface area contributed by atoms with Crippen LogP contribution >= 0.6 is 11.6 Å². The molecule has 0 aliphatic heterocycles. The van der Waals surface area contributed by atoms with E-state index in [1.54, 1.807) is 60.8 Å². The summed E-state index contributed by atoms with van der Waals surface area (Å²) in [4.78, 5) is 28.4. The van der Waals surface area contributed by atoms with Crippen LogP contribution in [0.5, 0.6) is 0 Å². The minimum Gasteiger partial charge on any atom is -0.307 e. The minimum absolute atomic E-state index is 0.100. The van der Waals surface area contributed by atoms with E-state index < -0.39 is 0 Å². The molecule has 144 valence electrons. The smallest absolute Gasteiger partial charge is 0.249 e. The standard InChI is InChI=1S/C24H19ClN2O2/c1-17-5-9-19(10-6-17)22(28)13-11-20-16-18(7-12-21(20)25)8-14-24(29)27-23-4-2-3-15-26-23/h2-16H,1H3,(H,26,27,29)/b13-11+,14-8+. The number of hydrogen-bond acceptors (Lipinski definition) is 3. The van der Waals surface area contributed by atoms with Gasteiger partial charge < -0.3 is 5.32 Å². The van der Waals surface area contributed by atoms with Crippen molar-refractivity contribution in [3.8, 4) is 0 Å². The molecule has 3 aromatic rings. The lowest BCUT2D eigenvalue weighted by Crippen LogP contribution is -2.08. The highest BCUT2D eigenvalue weighted by Gasteiger charge is 2.03. The summed E-state index contributed by atoms with van der Waals surface area (Å²) in [5.74, 6) is 0.0959. The Morgan fingerprint density at radius 1 is 0.966 bits per heavy atom. The van der Waals surface area contributed by atoms with E-state index in [1.165, 1.54) is 12.2 Å². The van der Waals surface area contributed by atoms with E-state index in [-0.39, 0.29) is 11.7 Å². The van der Waals surface area contributed by atoms with Gasteiger partial charge in [-0.25, -0.2) is 4.98 Å². The molecular formula is C24H19ClN2O2. The molecule has 1 amide bonds. The molecule has 0 unspecified atom stereocenters. The highest BCUT2D eigenvalue weighted by atomic mass is 35.5. The summed E-state index contributed by atoms with van der Waals surface area (Å²) in [6.07, 6.45) is 7.87. The Labute approximate surface area is 174 Å². The maximum atomic E-state index is 12.3. The first-order valence-electron chi connectivity index (χ1n) is 9.00. The molecular weight excluding hydrogens is 384 g/mol. The topological polar surface area (TPSA) is 59.1 Å². The average Bonchev–Trinajstić information content (AvgIpc) is 2.73. The van der Waals surface area contributed by atoms with Gasteiger partial charge in [-0.3, -0.25) is 9.59 Å². The Balaban J connectivity index is 1.69. The van der Waals surface area contributed by atoms with Crippen LogP contribution in [0.3, 0.4) is 0 Å². The van der Waals surface area contributed by atoms with E-state index in [1.807, 2.05) is 25.1 Å². The third-order valence-corrected chi connectivity index (χ3v) is 4.46. The molecule has 0 spiro atoms. The van der Waals surface area contributed by atoms with Crippen molar-refractivity contribution in [3.63, 3.8) is 0 Å². The van der Waals surface area contributed by atoms with Gasteiger partial charge in [0.2, 0.25) is 5.91 Å². The van der Waals surface area contributed by atoms with Gasteiger partial charge >= 0.3 is 0 Å². The molecule has 3 rings (SSSR count). The van der Waals surface area contributed by atoms with Gasteiger partial charge in [-0.1, -0.05) is 53.6 Å². The molecule has 0 saturated heterocycles. The maximum Gasteiger partial charge on any atom is 0.249 e. The molecule has 0 radical (unpaired) electrons. The Hall–Kier alpha value is -3.50. The number of carbonyl (C=O) groups excluding carboxylic acids is 2. The summed E-state index contributed by atoms with van der Waals surface area (Å²) in [6, 6.07) is 18.0. The van der Waals surface area contributed by atoms with Crippen LogP contribution in [-0.2, 0) is 4.79 Å². The van der Waals surface area contributed by atoms with Crippen molar-refractivity contribution in [2.45, 2.75) is 6.92 Å². The van der Waals surface area contributed by atoms with Crippen molar-refractivity contribution in [2.75, 3.05) is 5.32 Å². The SMILES string of the molecule is Cc1ccc(C(=O)/C=C/c2cc(/C=C/C(=O)Nc3ccccn3)ccc2Cl)cc1. The highest BCUT2D eigenvalue weighted by Crippen LogP contribution is 2.20. The summed E-state index contributed by atoms with van der Waals surface area (Å²) in [6.45, 7) is 1.97. The number of aromatic nitrogens is 1. The first kappa shape index (κ1) is 20.2. The van der Waals surface area contributed by atoms with Crippen LogP contribution in [0.4, 0.5) is 5.82 Å². The third kappa shape index (κ3) is 5.99. The maximum absolute atomic E-state index is 12.3. The van der Waals surface area contributed by atoms with Gasteiger partial charge in [0.1, 0.15) is 5.82 Å². The van der Waals surface area contributed by atoms with Crippen molar-refractivity contribution in [1.82, 2.24) is 4.98 Å². The van der Waals surface area contributed by atoms with Crippen molar-refractivity contribution in [1.29, 1.82) is 0 Å². The van der Waals surface area contributed by atoms with E-state index in [0.29, 0.717) is 22.0 Å². The Kier molecular flexibility index (Phi) is 6.72. The van der Waals surface area contributed by atoms with Gasteiger partial charge in [0.15, 0.2) is 5.78 Å². The Bertz CT molecular complexity index is 1070. The van der Waals surface area contributed by atoms with Gasteiger partial charge in [-0.15, -0.1) is 0 Å². The zero-order valence-corrected chi connectivity index (χ0v) is 16.6. The van der Waals surface area contributed by atoms with E-state index in [9.17, 15) is 9.59 Å². The number of halogens is 1. The number of pyridine rings is 1. The van der Waals surface area contributed by atoms with Crippen molar-refractivity contribution >= 4 is 41.3 Å². The lowest BCUT2D eigenvalue weighted by atomic mass is 10.1. The predicted octanol–water partition coefficient (Wildman–Crippen LogP) is 5.59. The van der Waals surface area contributed by atoms with Crippen LogP contribution in [0.2, 0.25) is 5.02 Å². The number of rotatable bonds is 6. The largest absolute Gasteiger partial charge is 0.307 e. The summed E-state index contributed by atoms with van der Waals surface area (Å²) in [5.41, 5.74) is 3.19. The summed E-state index contributed by atoms with van der Waals surface area (Å²) < 4.78 is 0. The first-order valence-corrected chi connectivity index (χ1v) is 9.38.